The number of aliphatic hydroxyl groups is 1. The molecule has 64 valence electrons. The minimum Gasteiger partial charge on any atom is -0.391 e. The van der Waals surface area contributed by atoms with Crippen molar-refractivity contribution in [1.82, 2.24) is 5.32 Å². The lowest BCUT2D eigenvalue weighted by Crippen LogP contribution is -2.34. The number of rotatable bonds is 3. The molecular weight excluding hydrogens is 138 g/mol. The fourth-order valence-electron chi connectivity index (χ4n) is 1.90. The minimum atomic E-state index is -0.0648. The maximum Gasteiger partial charge on any atom is 0.0695 e. The first-order valence-electron chi connectivity index (χ1n) is 4.78. The Kier molecular flexibility index (Phi) is 2.14. The van der Waals surface area contributed by atoms with Crippen LogP contribution in [-0.4, -0.2) is 23.8 Å². The van der Waals surface area contributed by atoms with Crippen LogP contribution in [0, 0.1) is 5.92 Å². The van der Waals surface area contributed by atoms with Crippen molar-refractivity contribution in [3.63, 3.8) is 0 Å². The van der Waals surface area contributed by atoms with Crippen LogP contribution >= 0.6 is 0 Å². The molecule has 0 aromatic heterocycles. The molecule has 11 heavy (non-hydrogen) atoms. The van der Waals surface area contributed by atoms with Gasteiger partial charge in [-0.3, -0.25) is 0 Å². The van der Waals surface area contributed by atoms with E-state index in [0.717, 1.165) is 18.9 Å². The topological polar surface area (TPSA) is 32.3 Å². The highest BCUT2D eigenvalue weighted by Gasteiger charge is 2.29. The quantitative estimate of drug-likeness (QED) is 0.634. The summed E-state index contributed by atoms with van der Waals surface area (Å²) in [7, 11) is 0. The molecule has 0 radical (unpaired) electrons. The van der Waals surface area contributed by atoms with Crippen molar-refractivity contribution >= 4 is 0 Å². The fraction of sp³-hybridized carbons (Fsp3) is 1.00. The molecule has 0 amide bonds. The fourth-order valence-corrected chi connectivity index (χ4v) is 1.90. The van der Waals surface area contributed by atoms with Crippen LogP contribution in [0.5, 0.6) is 0 Å². The number of aliphatic hydroxyl groups excluding tert-OH is 1. The van der Waals surface area contributed by atoms with Gasteiger partial charge in [0.05, 0.1) is 6.10 Å². The predicted molar refractivity (Wildman–Crippen MR) is 44.4 cm³/mol. The summed E-state index contributed by atoms with van der Waals surface area (Å²) in [5, 5.41) is 13.0. The van der Waals surface area contributed by atoms with E-state index in [4.69, 9.17) is 0 Å². The lowest BCUT2D eigenvalue weighted by Gasteiger charge is -2.17. The van der Waals surface area contributed by atoms with E-state index < -0.39 is 0 Å². The molecule has 2 rings (SSSR count). The van der Waals surface area contributed by atoms with Crippen molar-refractivity contribution in [1.29, 1.82) is 0 Å². The summed E-state index contributed by atoms with van der Waals surface area (Å²) in [4.78, 5) is 0. The summed E-state index contributed by atoms with van der Waals surface area (Å²) >= 11 is 0. The van der Waals surface area contributed by atoms with Gasteiger partial charge in [0.2, 0.25) is 0 Å². The van der Waals surface area contributed by atoms with Crippen molar-refractivity contribution in [2.24, 2.45) is 5.92 Å². The molecule has 0 bridgehead atoms. The van der Waals surface area contributed by atoms with Crippen LogP contribution in [0.1, 0.15) is 32.1 Å². The second-order valence-corrected chi connectivity index (χ2v) is 3.95. The summed E-state index contributed by atoms with van der Waals surface area (Å²) in [6.45, 7) is 1.10. The zero-order valence-electron chi connectivity index (χ0n) is 6.92. The van der Waals surface area contributed by atoms with Gasteiger partial charge in [-0.05, 0) is 31.7 Å². The zero-order chi connectivity index (χ0) is 7.68. The molecular formula is C9H17NO. The highest BCUT2D eigenvalue weighted by Crippen LogP contribution is 2.34. The molecule has 2 nitrogen and oxygen atoms in total. The van der Waals surface area contributed by atoms with Crippen molar-refractivity contribution in [3.05, 3.63) is 0 Å². The van der Waals surface area contributed by atoms with Gasteiger partial charge in [0, 0.05) is 6.04 Å². The molecule has 2 heteroatoms. The Morgan fingerprint density at radius 1 is 1.36 bits per heavy atom. The molecule has 2 atom stereocenters. The maximum absolute atomic E-state index is 9.70. The standard InChI is InChI=1S/C9H17NO/c11-9(6-7-3-4-7)8-2-1-5-10-8/h7-11H,1-6H2/t8-,9?/m0/s1. The van der Waals surface area contributed by atoms with Gasteiger partial charge in [0.1, 0.15) is 0 Å². The second-order valence-electron chi connectivity index (χ2n) is 3.95. The molecule has 1 saturated carbocycles. The van der Waals surface area contributed by atoms with Crippen LogP contribution in [0.4, 0.5) is 0 Å². The molecule has 2 fully saturated rings. The predicted octanol–water partition coefficient (Wildman–Crippen LogP) is 0.899. The molecule has 1 saturated heterocycles. The summed E-state index contributed by atoms with van der Waals surface area (Å²) in [6, 6.07) is 0.413. The molecule has 1 heterocycles. The van der Waals surface area contributed by atoms with Gasteiger partial charge < -0.3 is 10.4 Å². The van der Waals surface area contributed by atoms with Gasteiger partial charge in [0.15, 0.2) is 0 Å². The van der Waals surface area contributed by atoms with E-state index in [1.165, 1.54) is 25.7 Å². The van der Waals surface area contributed by atoms with Crippen LogP contribution in [0.3, 0.4) is 0 Å². The summed E-state index contributed by atoms with van der Waals surface area (Å²) < 4.78 is 0. The van der Waals surface area contributed by atoms with Crippen molar-refractivity contribution in [3.8, 4) is 0 Å². The van der Waals surface area contributed by atoms with Crippen LogP contribution in [0.15, 0.2) is 0 Å². The van der Waals surface area contributed by atoms with E-state index in [9.17, 15) is 5.11 Å². The van der Waals surface area contributed by atoms with Gasteiger partial charge in [-0.25, -0.2) is 0 Å². The Hall–Kier alpha value is -0.0800. The first-order chi connectivity index (χ1) is 5.36. The third-order valence-electron chi connectivity index (χ3n) is 2.83. The van der Waals surface area contributed by atoms with Crippen LogP contribution < -0.4 is 5.32 Å². The summed E-state index contributed by atoms with van der Waals surface area (Å²) in [6.07, 6.45) is 6.09. The zero-order valence-corrected chi connectivity index (χ0v) is 6.92. The van der Waals surface area contributed by atoms with E-state index in [-0.39, 0.29) is 6.10 Å². The maximum atomic E-state index is 9.70. The third-order valence-corrected chi connectivity index (χ3v) is 2.83. The average Bonchev–Trinajstić information content (AvgIpc) is 2.67. The molecule has 0 aromatic carbocycles. The van der Waals surface area contributed by atoms with Crippen molar-refractivity contribution < 1.29 is 5.11 Å². The highest BCUT2D eigenvalue weighted by atomic mass is 16.3. The minimum absolute atomic E-state index is 0.0648. The first kappa shape index (κ1) is 7.56. The van der Waals surface area contributed by atoms with Crippen LogP contribution in [0.25, 0.3) is 0 Å². The van der Waals surface area contributed by atoms with E-state index in [1.54, 1.807) is 0 Å². The van der Waals surface area contributed by atoms with Gasteiger partial charge in [0.25, 0.3) is 0 Å². The Morgan fingerprint density at radius 2 is 2.18 bits per heavy atom. The van der Waals surface area contributed by atoms with E-state index in [2.05, 4.69) is 5.32 Å². The molecule has 0 spiro atoms. The van der Waals surface area contributed by atoms with E-state index in [0.29, 0.717) is 6.04 Å². The molecule has 1 unspecified atom stereocenters. The monoisotopic (exact) mass is 155 g/mol. The van der Waals surface area contributed by atoms with Gasteiger partial charge >= 0.3 is 0 Å². The van der Waals surface area contributed by atoms with Gasteiger partial charge in [-0.2, -0.15) is 0 Å². The Bertz CT molecular complexity index is 128. The normalized spacial score (nSPS) is 34.1. The third kappa shape index (κ3) is 1.94. The number of hydrogen-bond acceptors (Lipinski definition) is 2. The average molecular weight is 155 g/mol. The number of hydrogen-bond donors (Lipinski definition) is 2. The molecule has 2 aliphatic rings. The summed E-state index contributed by atoms with van der Waals surface area (Å²) in [5.74, 6) is 0.854. The molecule has 2 N–H and O–H groups in total. The highest BCUT2D eigenvalue weighted by molar-refractivity contribution is 4.85. The Labute approximate surface area is 68.0 Å². The van der Waals surface area contributed by atoms with Crippen molar-refractivity contribution in [2.45, 2.75) is 44.2 Å². The second kappa shape index (κ2) is 3.11. The summed E-state index contributed by atoms with van der Waals surface area (Å²) in [5.41, 5.74) is 0. The molecule has 0 aromatic rings. The molecule has 1 aliphatic heterocycles. The van der Waals surface area contributed by atoms with E-state index >= 15 is 0 Å². The lowest BCUT2D eigenvalue weighted by atomic mass is 10.0. The van der Waals surface area contributed by atoms with E-state index in [1.807, 2.05) is 0 Å². The SMILES string of the molecule is OC(CC1CC1)[C@@H]1CCCN1. The molecule has 1 aliphatic carbocycles. The van der Waals surface area contributed by atoms with Crippen molar-refractivity contribution in [2.75, 3.05) is 6.54 Å². The van der Waals surface area contributed by atoms with Crippen LogP contribution in [0.2, 0.25) is 0 Å². The van der Waals surface area contributed by atoms with Crippen LogP contribution in [-0.2, 0) is 0 Å². The largest absolute Gasteiger partial charge is 0.391 e. The lowest BCUT2D eigenvalue weighted by molar-refractivity contribution is 0.120. The van der Waals surface area contributed by atoms with Gasteiger partial charge in [-0.15, -0.1) is 0 Å². The smallest absolute Gasteiger partial charge is 0.0695 e. The first-order valence-corrected chi connectivity index (χ1v) is 4.78. The van der Waals surface area contributed by atoms with Gasteiger partial charge in [-0.1, -0.05) is 12.8 Å². The Balaban J connectivity index is 1.73. The number of nitrogens with one attached hydrogen (secondary N) is 1. The Morgan fingerprint density at radius 3 is 2.73 bits per heavy atom.